The summed E-state index contributed by atoms with van der Waals surface area (Å²) in [4.78, 5) is 12.3. The van der Waals surface area contributed by atoms with Gasteiger partial charge in [-0.05, 0) is 37.0 Å². The fourth-order valence-electron chi connectivity index (χ4n) is 2.55. The second kappa shape index (κ2) is 5.09. The van der Waals surface area contributed by atoms with Crippen molar-refractivity contribution in [2.75, 3.05) is 5.32 Å². The average Bonchev–Trinajstić information content (AvgIpc) is 2.33. The molecule has 1 saturated carbocycles. The fraction of sp³-hybridized carbons (Fsp3) is 0.385. The quantitative estimate of drug-likeness (QED) is 0.344. The largest absolute Gasteiger partial charge is 0.409 e. The van der Waals surface area contributed by atoms with Gasteiger partial charge in [-0.2, -0.15) is 0 Å². The van der Waals surface area contributed by atoms with E-state index in [9.17, 15) is 4.79 Å². The molecule has 6 heteroatoms. The number of benzene rings is 1. The predicted octanol–water partition coefficient (Wildman–Crippen LogP) is 2.44. The first kappa shape index (κ1) is 13.7. The van der Waals surface area contributed by atoms with E-state index in [1.54, 1.807) is 24.3 Å². The lowest BCUT2D eigenvalue weighted by molar-refractivity contribution is -0.127. The van der Waals surface area contributed by atoms with E-state index in [1.165, 1.54) is 0 Å². The lowest BCUT2D eigenvalue weighted by Crippen LogP contribution is -2.54. The van der Waals surface area contributed by atoms with Crippen LogP contribution in [0.2, 0.25) is 5.02 Å². The molecule has 0 aliphatic heterocycles. The smallest absolute Gasteiger partial charge is 0.238 e. The van der Waals surface area contributed by atoms with Crippen molar-refractivity contribution in [1.82, 2.24) is 0 Å². The highest BCUT2D eigenvalue weighted by Gasteiger charge is 2.52. The lowest BCUT2D eigenvalue weighted by Gasteiger charge is -2.43. The Balaban J connectivity index is 2.18. The number of oxime groups is 1. The number of halogens is 1. The number of nitrogens with one attached hydrogen (secondary N) is 1. The van der Waals surface area contributed by atoms with Crippen molar-refractivity contribution in [3.05, 3.63) is 29.3 Å². The third-order valence-corrected chi connectivity index (χ3v) is 3.74. The summed E-state index contributed by atoms with van der Waals surface area (Å²) in [5.41, 5.74) is 5.37. The molecule has 0 radical (unpaired) electrons. The highest BCUT2D eigenvalue weighted by atomic mass is 35.5. The van der Waals surface area contributed by atoms with E-state index >= 15 is 0 Å². The van der Waals surface area contributed by atoms with Gasteiger partial charge in [-0.25, -0.2) is 0 Å². The van der Waals surface area contributed by atoms with Crippen LogP contribution in [0.1, 0.15) is 19.8 Å². The number of nitrogens with zero attached hydrogens (tertiary/aromatic N) is 1. The van der Waals surface area contributed by atoms with Crippen LogP contribution in [0.4, 0.5) is 5.69 Å². The van der Waals surface area contributed by atoms with Crippen LogP contribution in [0.15, 0.2) is 29.4 Å². The van der Waals surface area contributed by atoms with Crippen LogP contribution in [0.25, 0.3) is 0 Å². The van der Waals surface area contributed by atoms with Crippen LogP contribution >= 0.6 is 11.6 Å². The first-order valence-corrected chi connectivity index (χ1v) is 6.41. The summed E-state index contributed by atoms with van der Waals surface area (Å²) in [7, 11) is 0. The molecule has 0 unspecified atom stereocenters. The van der Waals surface area contributed by atoms with E-state index in [0.717, 1.165) is 0 Å². The molecule has 1 aliphatic carbocycles. The molecule has 1 aliphatic rings. The van der Waals surface area contributed by atoms with Crippen LogP contribution in [0.3, 0.4) is 0 Å². The van der Waals surface area contributed by atoms with Crippen LogP contribution in [0.5, 0.6) is 0 Å². The minimum Gasteiger partial charge on any atom is -0.409 e. The summed E-state index contributed by atoms with van der Waals surface area (Å²) in [6.45, 7) is 2.02. The summed E-state index contributed by atoms with van der Waals surface area (Å²) in [5.74, 6) is 0.0821. The molecule has 102 valence electrons. The van der Waals surface area contributed by atoms with E-state index in [0.29, 0.717) is 29.5 Å². The van der Waals surface area contributed by atoms with Crippen molar-refractivity contribution in [1.29, 1.82) is 0 Å². The number of amides is 1. The summed E-state index contributed by atoms with van der Waals surface area (Å²) < 4.78 is 0. The van der Waals surface area contributed by atoms with E-state index in [1.807, 2.05) is 6.92 Å². The molecule has 19 heavy (non-hydrogen) atoms. The molecule has 2 rings (SSSR count). The van der Waals surface area contributed by atoms with Gasteiger partial charge in [0, 0.05) is 10.7 Å². The highest BCUT2D eigenvalue weighted by Crippen LogP contribution is 2.46. The van der Waals surface area contributed by atoms with Gasteiger partial charge >= 0.3 is 0 Å². The van der Waals surface area contributed by atoms with Crippen molar-refractivity contribution in [3.63, 3.8) is 0 Å². The molecule has 5 nitrogen and oxygen atoms in total. The van der Waals surface area contributed by atoms with Gasteiger partial charge in [0.05, 0.1) is 0 Å². The van der Waals surface area contributed by atoms with Gasteiger partial charge in [0.15, 0.2) is 5.84 Å². The van der Waals surface area contributed by atoms with Gasteiger partial charge in [-0.3, -0.25) is 4.79 Å². The van der Waals surface area contributed by atoms with Gasteiger partial charge < -0.3 is 16.3 Å². The molecule has 4 N–H and O–H groups in total. The van der Waals surface area contributed by atoms with E-state index in [2.05, 4.69) is 10.5 Å². The van der Waals surface area contributed by atoms with Gasteiger partial charge in [-0.15, -0.1) is 0 Å². The van der Waals surface area contributed by atoms with E-state index in [-0.39, 0.29) is 11.7 Å². The Kier molecular flexibility index (Phi) is 3.66. The zero-order valence-corrected chi connectivity index (χ0v) is 11.3. The molecule has 0 spiro atoms. The molecule has 0 atom stereocenters. The monoisotopic (exact) mass is 281 g/mol. The van der Waals surface area contributed by atoms with Gasteiger partial charge in [0.2, 0.25) is 5.91 Å². The number of carbonyl (C=O) groups excluding carboxylic acids is 1. The van der Waals surface area contributed by atoms with Crippen molar-refractivity contribution in [3.8, 4) is 0 Å². The second-order valence-electron chi connectivity index (χ2n) is 5.05. The predicted molar refractivity (Wildman–Crippen MR) is 74.3 cm³/mol. The second-order valence-corrected chi connectivity index (χ2v) is 5.48. The maximum absolute atomic E-state index is 12.3. The molecular formula is C13H16ClN3O2. The number of rotatable bonds is 3. The summed E-state index contributed by atoms with van der Waals surface area (Å²) in [5, 5.41) is 15.2. The third kappa shape index (κ3) is 2.51. The topological polar surface area (TPSA) is 87.7 Å². The molecule has 1 amide bonds. The van der Waals surface area contributed by atoms with Gasteiger partial charge in [0.25, 0.3) is 0 Å². The lowest BCUT2D eigenvalue weighted by atomic mass is 9.61. The van der Waals surface area contributed by atoms with Gasteiger partial charge in [0.1, 0.15) is 5.41 Å². The zero-order valence-electron chi connectivity index (χ0n) is 10.6. The number of carbonyl (C=O) groups is 1. The van der Waals surface area contributed by atoms with Crippen LogP contribution in [-0.2, 0) is 4.79 Å². The number of hydrogen-bond acceptors (Lipinski definition) is 3. The third-order valence-electron chi connectivity index (χ3n) is 3.51. The highest BCUT2D eigenvalue weighted by molar-refractivity contribution is 6.31. The van der Waals surface area contributed by atoms with Crippen LogP contribution in [-0.4, -0.2) is 17.0 Å². The number of anilines is 1. The molecule has 0 saturated heterocycles. The standard InChI is InChI=1S/C13H16ClN3O2/c1-8-6-13(7-8,11(15)17-19)12(18)16-10-4-2-3-9(14)5-10/h2-5,8,19H,6-7H2,1H3,(H2,15,17)(H,16,18). The Hall–Kier alpha value is -1.75. The van der Waals surface area contributed by atoms with Crippen LogP contribution < -0.4 is 11.1 Å². The normalized spacial score (nSPS) is 26.6. The molecule has 0 aromatic heterocycles. The minimum atomic E-state index is -0.906. The molecule has 0 bridgehead atoms. The van der Waals surface area contributed by atoms with Crippen molar-refractivity contribution in [2.24, 2.45) is 22.2 Å². The van der Waals surface area contributed by atoms with E-state index < -0.39 is 5.41 Å². The minimum absolute atomic E-state index is 0.0369. The maximum atomic E-state index is 12.3. The summed E-state index contributed by atoms with van der Waals surface area (Å²) in [6, 6.07) is 6.87. The first-order valence-electron chi connectivity index (χ1n) is 6.03. The van der Waals surface area contributed by atoms with E-state index in [4.69, 9.17) is 22.5 Å². The average molecular weight is 282 g/mol. The van der Waals surface area contributed by atoms with Crippen molar-refractivity contribution in [2.45, 2.75) is 19.8 Å². The number of amidine groups is 1. The van der Waals surface area contributed by atoms with Crippen molar-refractivity contribution >= 4 is 29.0 Å². The molecule has 1 aromatic rings. The first-order chi connectivity index (χ1) is 8.98. The SMILES string of the molecule is CC1CC(C(=O)Nc2cccc(Cl)c2)(/C(N)=N/O)C1. The zero-order chi connectivity index (χ0) is 14.0. The van der Waals surface area contributed by atoms with Crippen LogP contribution in [0, 0.1) is 11.3 Å². The molecule has 1 fully saturated rings. The fourth-order valence-corrected chi connectivity index (χ4v) is 2.74. The summed E-state index contributed by atoms with van der Waals surface area (Å²) in [6.07, 6.45) is 1.16. The molecular weight excluding hydrogens is 266 g/mol. The Labute approximate surface area is 116 Å². The summed E-state index contributed by atoms with van der Waals surface area (Å²) >= 11 is 5.86. The molecule has 1 aromatic carbocycles. The molecule has 0 heterocycles. The number of hydrogen-bond donors (Lipinski definition) is 3. The maximum Gasteiger partial charge on any atom is 0.238 e. The Morgan fingerprint density at radius 3 is 2.79 bits per heavy atom. The Bertz CT molecular complexity index is 524. The Morgan fingerprint density at radius 1 is 1.58 bits per heavy atom. The Morgan fingerprint density at radius 2 is 2.26 bits per heavy atom. The van der Waals surface area contributed by atoms with Gasteiger partial charge in [-0.1, -0.05) is 29.7 Å². The van der Waals surface area contributed by atoms with Crippen molar-refractivity contribution < 1.29 is 10.0 Å². The number of nitrogens with two attached hydrogens (primary N) is 1.